The maximum atomic E-state index is 12.9. The summed E-state index contributed by atoms with van der Waals surface area (Å²) in [6.07, 6.45) is 0.306. The Bertz CT molecular complexity index is 908. The molecule has 1 aliphatic heterocycles. The number of rotatable bonds is 7. The summed E-state index contributed by atoms with van der Waals surface area (Å²) in [6.45, 7) is 0.283. The van der Waals surface area contributed by atoms with E-state index in [1.54, 1.807) is 24.3 Å². The highest BCUT2D eigenvalue weighted by molar-refractivity contribution is 6.34. The molecule has 144 valence electrons. The standard InChI is InChI=1S/C21H20N2O5/c22-19(25)15-8-6-14(7-9-15)11-23-12-17(18(24)21(27)28)16(20(23)26)10-13-4-2-1-3-5-13/h1-9,16-17H,10-12H2,(H2,22,25)(H,27,28)/t16-,17+/m1/s1. The molecule has 0 unspecified atom stereocenters. The highest BCUT2D eigenvalue weighted by Crippen LogP contribution is 2.30. The first-order valence-corrected chi connectivity index (χ1v) is 8.85. The van der Waals surface area contributed by atoms with Crippen molar-refractivity contribution in [2.75, 3.05) is 6.54 Å². The van der Waals surface area contributed by atoms with Gasteiger partial charge in [0.1, 0.15) is 0 Å². The lowest BCUT2D eigenvalue weighted by Gasteiger charge is -2.17. The maximum Gasteiger partial charge on any atom is 0.372 e. The predicted octanol–water partition coefficient (Wildman–Crippen LogP) is 1.26. The lowest BCUT2D eigenvalue weighted by Crippen LogP contribution is -2.31. The van der Waals surface area contributed by atoms with Crippen LogP contribution < -0.4 is 5.73 Å². The molecular weight excluding hydrogens is 360 g/mol. The van der Waals surface area contributed by atoms with Crippen molar-refractivity contribution >= 4 is 23.6 Å². The fraction of sp³-hybridized carbons (Fsp3) is 0.238. The molecule has 2 aromatic carbocycles. The molecule has 3 rings (SSSR count). The summed E-state index contributed by atoms with van der Waals surface area (Å²) in [6, 6.07) is 15.7. The molecule has 1 saturated heterocycles. The number of carbonyl (C=O) groups excluding carboxylic acids is 3. The van der Waals surface area contributed by atoms with Gasteiger partial charge in [-0.15, -0.1) is 0 Å². The van der Waals surface area contributed by atoms with Gasteiger partial charge in [0.25, 0.3) is 0 Å². The first-order chi connectivity index (χ1) is 13.4. The Hall–Kier alpha value is -3.48. The van der Waals surface area contributed by atoms with Gasteiger partial charge in [0, 0.05) is 18.7 Å². The van der Waals surface area contributed by atoms with E-state index >= 15 is 0 Å². The normalized spacial score (nSPS) is 18.9. The highest BCUT2D eigenvalue weighted by atomic mass is 16.4. The van der Waals surface area contributed by atoms with Gasteiger partial charge < -0.3 is 15.7 Å². The van der Waals surface area contributed by atoms with E-state index in [2.05, 4.69) is 0 Å². The molecular formula is C21H20N2O5. The number of aliphatic carboxylic acids is 1. The molecule has 7 heteroatoms. The topological polar surface area (TPSA) is 118 Å². The number of nitrogens with zero attached hydrogens (tertiary/aromatic N) is 1. The Morgan fingerprint density at radius 1 is 1.00 bits per heavy atom. The molecule has 2 atom stereocenters. The number of benzene rings is 2. The molecule has 3 N–H and O–H groups in total. The van der Waals surface area contributed by atoms with Gasteiger partial charge >= 0.3 is 5.97 Å². The van der Waals surface area contributed by atoms with Crippen LogP contribution in [0.5, 0.6) is 0 Å². The summed E-state index contributed by atoms with van der Waals surface area (Å²) >= 11 is 0. The number of amides is 2. The molecule has 0 aliphatic carbocycles. The Morgan fingerprint density at radius 2 is 1.64 bits per heavy atom. The molecule has 1 aliphatic rings. The molecule has 2 aromatic rings. The van der Waals surface area contributed by atoms with Crippen molar-refractivity contribution in [2.24, 2.45) is 17.6 Å². The van der Waals surface area contributed by atoms with Gasteiger partial charge in [0.15, 0.2) is 0 Å². The number of carboxylic acid groups (broad SMARTS) is 1. The fourth-order valence-corrected chi connectivity index (χ4v) is 3.52. The highest BCUT2D eigenvalue weighted by Gasteiger charge is 2.45. The summed E-state index contributed by atoms with van der Waals surface area (Å²) in [7, 11) is 0. The van der Waals surface area contributed by atoms with Crippen LogP contribution in [0.15, 0.2) is 54.6 Å². The van der Waals surface area contributed by atoms with Crippen molar-refractivity contribution in [3.63, 3.8) is 0 Å². The van der Waals surface area contributed by atoms with Crippen LogP contribution in [0.3, 0.4) is 0 Å². The number of likely N-dealkylation sites (tertiary alicyclic amines) is 1. The lowest BCUT2D eigenvalue weighted by molar-refractivity contribution is -0.151. The fourth-order valence-electron chi connectivity index (χ4n) is 3.52. The number of nitrogens with two attached hydrogens (primary N) is 1. The minimum Gasteiger partial charge on any atom is -0.475 e. The smallest absolute Gasteiger partial charge is 0.372 e. The second-order valence-corrected chi connectivity index (χ2v) is 6.85. The van der Waals surface area contributed by atoms with Crippen LogP contribution in [0.2, 0.25) is 0 Å². The SMILES string of the molecule is NC(=O)c1ccc(CN2C[C@H](C(=O)C(=O)O)[C@@H](Cc3ccccc3)C2=O)cc1. The minimum absolute atomic E-state index is 0.0546. The Morgan fingerprint density at radius 3 is 2.21 bits per heavy atom. The third kappa shape index (κ3) is 4.09. The quantitative estimate of drug-likeness (QED) is 0.701. The van der Waals surface area contributed by atoms with E-state index < -0.39 is 29.5 Å². The molecule has 0 spiro atoms. The molecule has 28 heavy (non-hydrogen) atoms. The minimum atomic E-state index is -1.52. The third-order valence-electron chi connectivity index (χ3n) is 4.99. The van der Waals surface area contributed by atoms with Crippen molar-refractivity contribution in [1.82, 2.24) is 4.90 Å². The van der Waals surface area contributed by atoms with Crippen molar-refractivity contribution in [1.29, 1.82) is 0 Å². The van der Waals surface area contributed by atoms with E-state index in [0.29, 0.717) is 12.0 Å². The summed E-state index contributed by atoms with van der Waals surface area (Å²) in [5.74, 6) is -4.86. The Balaban J connectivity index is 1.80. The van der Waals surface area contributed by atoms with Gasteiger partial charge in [0.2, 0.25) is 17.6 Å². The number of Topliss-reactive ketones (excluding diaryl/α,β-unsaturated/α-hetero) is 1. The molecule has 0 radical (unpaired) electrons. The lowest BCUT2D eigenvalue weighted by atomic mass is 9.86. The van der Waals surface area contributed by atoms with Gasteiger partial charge in [0.05, 0.1) is 11.8 Å². The summed E-state index contributed by atoms with van der Waals surface area (Å²) < 4.78 is 0. The zero-order valence-corrected chi connectivity index (χ0v) is 15.1. The zero-order valence-electron chi connectivity index (χ0n) is 15.1. The van der Waals surface area contributed by atoms with Gasteiger partial charge in [-0.3, -0.25) is 14.4 Å². The maximum absolute atomic E-state index is 12.9. The number of hydrogen-bond donors (Lipinski definition) is 2. The van der Waals surface area contributed by atoms with Crippen molar-refractivity contribution in [3.05, 3.63) is 71.3 Å². The van der Waals surface area contributed by atoms with Crippen LogP contribution in [0.25, 0.3) is 0 Å². The van der Waals surface area contributed by atoms with Gasteiger partial charge in [-0.1, -0.05) is 42.5 Å². The van der Waals surface area contributed by atoms with Gasteiger partial charge in [-0.25, -0.2) is 4.79 Å². The summed E-state index contributed by atoms with van der Waals surface area (Å²) in [5, 5.41) is 9.15. The van der Waals surface area contributed by atoms with Crippen LogP contribution >= 0.6 is 0 Å². The first-order valence-electron chi connectivity index (χ1n) is 8.85. The predicted molar refractivity (Wildman–Crippen MR) is 100 cm³/mol. The third-order valence-corrected chi connectivity index (χ3v) is 4.99. The first kappa shape index (κ1) is 19.3. The van der Waals surface area contributed by atoms with Crippen LogP contribution in [0.1, 0.15) is 21.5 Å². The molecule has 1 fully saturated rings. The van der Waals surface area contributed by atoms with Crippen molar-refractivity contribution in [2.45, 2.75) is 13.0 Å². The molecule has 0 aromatic heterocycles. The van der Waals surface area contributed by atoms with E-state index in [9.17, 15) is 19.2 Å². The van der Waals surface area contributed by atoms with Crippen LogP contribution in [-0.4, -0.2) is 40.1 Å². The number of carbonyl (C=O) groups is 4. The van der Waals surface area contributed by atoms with E-state index in [-0.39, 0.29) is 19.0 Å². The second-order valence-electron chi connectivity index (χ2n) is 6.85. The average Bonchev–Trinajstić information content (AvgIpc) is 2.98. The van der Waals surface area contributed by atoms with E-state index in [1.807, 2.05) is 30.3 Å². The summed E-state index contributed by atoms with van der Waals surface area (Å²) in [4.78, 5) is 49.0. The van der Waals surface area contributed by atoms with Crippen molar-refractivity contribution < 1.29 is 24.3 Å². The van der Waals surface area contributed by atoms with Gasteiger partial charge in [-0.2, -0.15) is 0 Å². The monoisotopic (exact) mass is 380 g/mol. The number of hydrogen-bond acceptors (Lipinski definition) is 4. The number of carboxylic acids is 1. The van der Waals surface area contributed by atoms with E-state index in [1.165, 1.54) is 4.90 Å². The van der Waals surface area contributed by atoms with E-state index in [4.69, 9.17) is 10.8 Å². The van der Waals surface area contributed by atoms with E-state index in [0.717, 1.165) is 11.1 Å². The van der Waals surface area contributed by atoms with Crippen LogP contribution in [-0.2, 0) is 27.3 Å². The molecule has 0 saturated carbocycles. The molecule has 0 bridgehead atoms. The second kappa shape index (κ2) is 8.04. The zero-order chi connectivity index (χ0) is 20.3. The molecule has 1 heterocycles. The number of primary amides is 1. The average molecular weight is 380 g/mol. The Labute approximate surface area is 161 Å². The molecule has 2 amide bonds. The van der Waals surface area contributed by atoms with Crippen LogP contribution in [0.4, 0.5) is 0 Å². The number of ketones is 1. The Kier molecular flexibility index (Phi) is 5.54. The largest absolute Gasteiger partial charge is 0.475 e. The van der Waals surface area contributed by atoms with Gasteiger partial charge in [-0.05, 0) is 29.7 Å². The van der Waals surface area contributed by atoms with Crippen LogP contribution in [0, 0.1) is 11.8 Å². The summed E-state index contributed by atoms with van der Waals surface area (Å²) in [5.41, 5.74) is 7.22. The van der Waals surface area contributed by atoms with Crippen molar-refractivity contribution in [3.8, 4) is 0 Å². The molecule has 7 nitrogen and oxygen atoms in total.